The SMILES string of the molecule is COc1c(COC(c2ccccc2)(c2ccccc2)c2ccccc2)c([C@H]2CCC3(CC2C(=O)OC(C)(C)C)OCCO3)cc2c1OCO2. The van der Waals surface area contributed by atoms with E-state index in [9.17, 15) is 4.79 Å². The van der Waals surface area contributed by atoms with Crippen molar-refractivity contribution in [2.45, 2.75) is 69.5 Å². The lowest BCUT2D eigenvalue weighted by Gasteiger charge is -2.42. The minimum atomic E-state index is -0.977. The van der Waals surface area contributed by atoms with Gasteiger partial charge in [-0.15, -0.1) is 0 Å². The van der Waals surface area contributed by atoms with Gasteiger partial charge in [0.15, 0.2) is 17.3 Å². The Kier molecular flexibility index (Phi) is 9.13. The Balaban J connectivity index is 1.37. The Morgan fingerprint density at radius 3 is 1.94 bits per heavy atom. The van der Waals surface area contributed by atoms with Crippen molar-refractivity contribution in [3.63, 3.8) is 0 Å². The summed E-state index contributed by atoms with van der Waals surface area (Å²) in [6.07, 6.45) is 1.64. The lowest BCUT2D eigenvalue weighted by Crippen LogP contribution is -2.44. The summed E-state index contributed by atoms with van der Waals surface area (Å²) < 4.78 is 43.7. The summed E-state index contributed by atoms with van der Waals surface area (Å²) >= 11 is 0. The zero-order valence-corrected chi connectivity index (χ0v) is 28.6. The van der Waals surface area contributed by atoms with E-state index in [-0.39, 0.29) is 25.3 Å². The molecule has 256 valence electrons. The van der Waals surface area contributed by atoms with E-state index in [2.05, 4.69) is 36.4 Å². The number of rotatable bonds is 9. The van der Waals surface area contributed by atoms with Crippen molar-refractivity contribution in [3.8, 4) is 17.2 Å². The van der Waals surface area contributed by atoms with Gasteiger partial charge in [0.25, 0.3) is 0 Å². The molecule has 2 fully saturated rings. The van der Waals surface area contributed by atoms with Gasteiger partial charge in [-0.3, -0.25) is 4.79 Å². The minimum absolute atomic E-state index is 0.0718. The molecule has 0 amide bonds. The number of benzene rings is 4. The Bertz CT molecular complexity index is 1650. The maximum Gasteiger partial charge on any atom is 0.310 e. The monoisotopic (exact) mass is 664 g/mol. The smallest absolute Gasteiger partial charge is 0.310 e. The van der Waals surface area contributed by atoms with Crippen LogP contribution in [0.15, 0.2) is 97.1 Å². The second kappa shape index (κ2) is 13.5. The fourth-order valence-electron chi connectivity index (χ4n) is 7.63. The molecule has 7 rings (SSSR count). The maximum absolute atomic E-state index is 14.1. The Morgan fingerprint density at radius 2 is 1.41 bits per heavy atom. The average molecular weight is 665 g/mol. The molecule has 8 nitrogen and oxygen atoms in total. The molecule has 0 radical (unpaired) electrons. The van der Waals surface area contributed by atoms with Gasteiger partial charge in [0, 0.05) is 18.4 Å². The molecule has 0 aromatic heterocycles. The molecule has 4 aromatic carbocycles. The van der Waals surface area contributed by atoms with Gasteiger partial charge in [0.05, 0.1) is 32.8 Å². The van der Waals surface area contributed by atoms with Crippen LogP contribution in [0.3, 0.4) is 0 Å². The van der Waals surface area contributed by atoms with Crippen LogP contribution in [0, 0.1) is 5.92 Å². The Hall–Kier alpha value is -4.37. The summed E-state index contributed by atoms with van der Waals surface area (Å²) in [7, 11) is 1.63. The lowest BCUT2D eigenvalue weighted by molar-refractivity contribution is -0.201. The first-order valence-electron chi connectivity index (χ1n) is 17.0. The summed E-state index contributed by atoms with van der Waals surface area (Å²) in [5, 5.41) is 0. The Morgan fingerprint density at radius 1 is 0.837 bits per heavy atom. The summed E-state index contributed by atoms with van der Waals surface area (Å²) in [6.45, 7) is 6.89. The van der Waals surface area contributed by atoms with E-state index in [0.717, 1.165) is 27.8 Å². The second-order valence-corrected chi connectivity index (χ2v) is 13.9. The van der Waals surface area contributed by atoms with Gasteiger partial charge in [-0.05, 0) is 61.4 Å². The highest BCUT2D eigenvalue weighted by Crippen LogP contribution is 2.54. The third-order valence-corrected chi connectivity index (χ3v) is 9.71. The van der Waals surface area contributed by atoms with Gasteiger partial charge in [-0.25, -0.2) is 0 Å². The van der Waals surface area contributed by atoms with Crippen LogP contribution in [0.4, 0.5) is 0 Å². The first-order chi connectivity index (χ1) is 23.7. The topological polar surface area (TPSA) is 81.7 Å². The van der Waals surface area contributed by atoms with Crippen molar-refractivity contribution in [2.24, 2.45) is 5.92 Å². The molecule has 2 atom stereocenters. The van der Waals surface area contributed by atoms with E-state index >= 15 is 0 Å². The van der Waals surface area contributed by atoms with Crippen molar-refractivity contribution < 1.29 is 38.0 Å². The van der Waals surface area contributed by atoms with E-state index in [1.54, 1.807) is 7.11 Å². The molecule has 1 aliphatic carbocycles. The van der Waals surface area contributed by atoms with Crippen molar-refractivity contribution >= 4 is 5.97 Å². The lowest BCUT2D eigenvalue weighted by atomic mass is 9.71. The summed E-state index contributed by atoms with van der Waals surface area (Å²) in [4.78, 5) is 14.1. The highest BCUT2D eigenvalue weighted by atomic mass is 16.7. The predicted octanol–water partition coefficient (Wildman–Crippen LogP) is 7.90. The van der Waals surface area contributed by atoms with Crippen LogP contribution in [0.5, 0.6) is 17.2 Å². The second-order valence-electron chi connectivity index (χ2n) is 13.9. The van der Waals surface area contributed by atoms with Crippen LogP contribution in [-0.2, 0) is 35.9 Å². The Labute approximate surface area is 288 Å². The number of fused-ring (bicyclic) bond motifs is 1. The van der Waals surface area contributed by atoms with E-state index in [1.807, 2.05) is 81.4 Å². The predicted molar refractivity (Wildman–Crippen MR) is 184 cm³/mol. The van der Waals surface area contributed by atoms with Crippen LogP contribution >= 0.6 is 0 Å². The first kappa shape index (κ1) is 33.1. The minimum Gasteiger partial charge on any atom is -0.492 e. The van der Waals surface area contributed by atoms with Gasteiger partial charge in [0.2, 0.25) is 12.5 Å². The molecule has 0 N–H and O–H groups in total. The van der Waals surface area contributed by atoms with E-state index in [0.29, 0.717) is 49.7 Å². The molecular formula is C41H44O8. The van der Waals surface area contributed by atoms with E-state index in [1.165, 1.54) is 0 Å². The fraction of sp³-hybridized carbons (Fsp3) is 0.390. The molecule has 8 heteroatoms. The molecule has 1 spiro atoms. The van der Waals surface area contributed by atoms with Crippen LogP contribution in [0.2, 0.25) is 0 Å². The number of ether oxygens (including phenoxy) is 7. The molecule has 1 saturated carbocycles. The van der Waals surface area contributed by atoms with Crippen molar-refractivity contribution in [1.82, 2.24) is 0 Å². The standard InChI is InChI=1S/C41H44O8/c1-39(2,3)49-38(42)33-25-40(46-22-23-47-40)21-20-31(33)32-24-35-37(45-27-44-35)36(43-4)34(32)26-48-41(28-14-8-5-9-15-28,29-16-10-6-11-17-29)30-18-12-7-13-19-30/h5-19,24,31,33H,20-23,25-27H2,1-4H3/t31-,33?/m1/s1. The summed E-state index contributed by atoms with van der Waals surface area (Å²) in [6, 6.07) is 32.8. The quantitative estimate of drug-likeness (QED) is 0.132. The highest BCUT2D eigenvalue weighted by molar-refractivity contribution is 5.75. The number of carbonyl (C=O) groups excluding carboxylic acids is 1. The number of methoxy groups -OCH3 is 1. The van der Waals surface area contributed by atoms with Crippen molar-refractivity contribution in [2.75, 3.05) is 27.1 Å². The van der Waals surface area contributed by atoms with Crippen LogP contribution in [0.25, 0.3) is 0 Å². The maximum atomic E-state index is 14.1. The van der Waals surface area contributed by atoms with Gasteiger partial charge in [-0.1, -0.05) is 91.0 Å². The van der Waals surface area contributed by atoms with Gasteiger partial charge in [0.1, 0.15) is 11.2 Å². The fourth-order valence-corrected chi connectivity index (χ4v) is 7.63. The van der Waals surface area contributed by atoms with Crippen LogP contribution in [0.1, 0.15) is 73.8 Å². The normalized spacial score (nSPS) is 19.9. The molecule has 49 heavy (non-hydrogen) atoms. The average Bonchev–Trinajstić information content (AvgIpc) is 3.78. The number of esters is 1. The molecule has 3 aliphatic rings. The number of hydrogen-bond acceptors (Lipinski definition) is 8. The summed E-state index contributed by atoms with van der Waals surface area (Å²) in [5.41, 5.74) is 2.99. The highest BCUT2D eigenvalue weighted by Gasteiger charge is 2.50. The molecule has 0 bridgehead atoms. The third kappa shape index (κ3) is 6.41. The number of carbonyl (C=O) groups is 1. The first-order valence-corrected chi connectivity index (χ1v) is 17.0. The molecule has 4 aromatic rings. The zero-order chi connectivity index (χ0) is 34.1. The molecule has 1 unspecified atom stereocenters. The van der Waals surface area contributed by atoms with Crippen molar-refractivity contribution in [1.29, 1.82) is 0 Å². The molecule has 2 aliphatic heterocycles. The van der Waals surface area contributed by atoms with Gasteiger partial charge < -0.3 is 33.2 Å². The third-order valence-electron chi connectivity index (χ3n) is 9.71. The van der Waals surface area contributed by atoms with Crippen LogP contribution in [-0.4, -0.2) is 44.5 Å². The van der Waals surface area contributed by atoms with Crippen molar-refractivity contribution in [3.05, 3.63) is 125 Å². The van der Waals surface area contributed by atoms with Gasteiger partial charge in [-0.2, -0.15) is 0 Å². The molecule has 2 heterocycles. The van der Waals surface area contributed by atoms with E-state index < -0.39 is 22.9 Å². The van der Waals surface area contributed by atoms with Crippen LogP contribution < -0.4 is 14.2 Å². The zero-order valence-electron chi connectivity index (χ0n) is 28.6. The van der Waals surface area contributed by atoms with E-state index in [4.69, 9.17) is 33.2 Å². The molecular weight excluding hydrogens is 620 g/mol. The number of hydrogen-bond donors (Lipinski definition) is 0. The largest absolute Gasteiger partial charge is 0.492 e. The van der Waals surface area contributed by atoms with Gasteiger partial charge >= 0.3 is 5.97 Å². The summed E-state index contributed by atoms with van der Waals surface area (Å²) in [5.74, 6) is -0.258. The molecule has 1 saturated heterocycles.